The van der Waals surface area contributed by atoms with Crippen molar-refractivity contribution in [3.8, 4) is 0 Å². The maximum atomic E-state index is 3.87. The number of allylic oxidation sites excluding steroid dienone is 1. The summed E-state index contributed by atoms with van der Waals surface area (Å²) in [5, 5.41) is 3.87. The molecule has 4 rings (SSSR count). The van der Waals surface area contributed by atoms with E-state index in [1.165, 1.54) is 66.3 Å². The average Bonchev–Trinajstić information content (AvgIpc) is 2.74. The predicted molar refractivity (Wildman–Crippen MR) is 118 cm³/mol. The first kappa shape index (κ1) is 19.9. The quantitative estimate of drug-likeness (QED) is 0.631. The third-order valence-corrected chi connectivity index (χ3v) is 5.92. The molecule has 1 heteroatoms. The number of nitrogens with one attached hydrogen (secondary N) is 1. The van der Waals surface area contributed by atoms with Gasteiger partial charge in [-0.1, -0.05) is 80.4 Å². The second kappa shape index (κ2) is 9.90. The summed E-state index contributed by atoms with van der Waals surface area (Å²) in [6.07, 6.45) is 12.3. The Morgan fingerprint density at radius 3 is 2.74 bits per heavy atom. The summed E-state index contributed by atoms with van der Waals surface area (Å²) in [6, 6.07) is 16.6. The van der Waals surface area contributed by atoms with Crippen LogP contribution in [0.1, 0.15) is 79.7 Å². The van der Waals surface area contributed by atoms with Gasteiger partial charge in [0.2, 0.25) is 0 Å². The van der Waals surface area contributed by atoms with Gasteiger partial charge in [0.1, 0.15) is 0 Å². The molecule has 144 valence electrons. The zero-order valence-electron chi connectivity index (χ0n) is 17.3. The summed E-state index contributed by atoms with van der Waals surface area (Å²) >= 11 is 0. The molecule has 2 atom stereocenters. The summed E-state index contributed by atoms with van der Waals surface area (Å²) in [5.41, 5.74) is 7.36. The van der Waals surface area contributed by atoms with Crippen LogP contribution in [0.25, 0.3) is 6.08 Å². The van der Waals surface area contributed by atoms with Crippen molar-refractivity contribution in [1.29, 1.82) is 0 Å². The molecule has 2 aromatic rings. The van der Waals surface area contributed by atoms with E-state index in [2.05, 4.69) is 66.9 Å². The second-order valence-electron chi connectivity index (χ2n) is 7.79. The lowest BCUT2D eigenvalue weighted by atomic mass is 9.81. The summed E-state index contributed by atoms with van der Waals surface area (Å²) in [5.74, 6) is 0.718. The van der Waals surface area contributed by atoms with E-state index in [4.69, 9.17) is 0 Å². The van der Waals surface area contributed by atoms with E-state index < -0.39 is 0 Å². The van der Waals surface area contributed by atoms with Crippen molar-refractivity contribution in [2.45, 2.75) is 77.8 Å². The lowest BCUT2D eigenvalue weighted by Crippen LogP contribution is -2.33. The maximum Gasteiger partial charge on any atom is 0.0214 e. The number of fused-ring (bicyclic) bond motifs is 1. The molecular weight excluding hydrogens is 326 g/mol. The Morgan fingerprint density at radius 2 is 1.89 bits per heavy atom. The van der Waals surface area contributed by atoms with E-state index in [0.29, 0.717) is 6.04 Å². The van der Waals surface area contributed by atoms with Gasteiger partial charge in [0.05, 0.1) is 0 Å². The number of hydrogen-bond donors (Lipinski definition) is 1. The molecule has 0 aromatic heterocycles. The molecule has 0 saturated heterocycles. The van der Waals surface area contributed by atoms with E-state index in [1.807, 2.05) is 13.8 Å². The lowest BCUT2D eigenvalue weighted by molar-refractivity contribution is 0.338. The molecule has 1 N–H and O–H groups in total. The largest absolute Gasteiger partial charge is 0.310 e. The highest BCUT2D eigenvalue weighted by Gasteiger charge is 2.23. The van der Waals surface area contributed by atoms with Crippen molar-refractivity contribution >= 4 is 6.08 Å². The molecule has 0 radical (unpaired) electrons. The van der Waals surface area contributed by atoms with Crippen LogP contribution < -0.4 is 5.32 Å². The third kappa shape index (κ3) is 5.11. The molecule has 2 unspecified atom stereocenters. The standard InChI is InChI=1S/C24H29N.C2H6/c1-18-7-4-10-20(15-18)21-11-6-13-23(16-21)25-17-22-12-5-9-19-8-2-3-14-24(19)22;1-2/h3-5,7,9-10,12,14-15,21,23,25H,2,6,8,11,13,16-17H2,1H3;1-2H3. The van der Waals surface area contributed by atoms with Gasteiger partial charge < -0.3 is 5.32 Å². The zero-order valence-corrected chi connectivity index (χ0v) is 17.3. The number of rotatable bonds is 4. The number of aryl methyl sites for hydroxylation is 2. The molecule has 0 bridgehead atoms. The van der Waals surface area contributed by atoms with E-state index in [-0.39, 0.29) is 0 Å². The minimum Gasteiger partial charge on any atom is -0.310 e. The van der Waals surface area contributed by atoms with Crippen molar-refractivity contribution in [3.05, 3.63) is 76.4 Å². The molecule has 2 aliphatic carbocycles. The Hall–Kier alpha value is -1.86. The van der Waals surface area contributed by atoms with Crippen molar-refractivity contribution < 1.29 is 0 Å². The normalized spacial score (nSPS) is 21.1. The highest BCUT2D eigenvalue weighted by Crippen LogP contribution is 2.33. The molecule has 27 heavy (non-hydrogen) atoms. The highest BCUT2D eigenvalue weighted by molar-refractivity contribution is 5.60. The van der Waals surface area contributed by atoms with E-state index in [0.717, 1.165) is 12.5 Å². The van der Waals surface area contributed by atoms with Gasteiger partial charge in [-0.2, -0.15) is 0 Å². The summed E-state index contributed by atoms with van der Waals surface area (Å²) < 4.78 is 0. The van der Waals surface area contributed by atoms with Crippen LogP contribution in [0.4, 0.5) is 0 Å². The number of hydrogen-bond acceptors (Lipinski definition) is 1. The first-order valence-electron chi connectivity index (χ1n) is 10.9. The molecule has 0 spiro atoms. The summed E-state index contributed by atoms with van der Waals surface area (Å²) in [6.45, 7) is 7.20. The van der Waals surface area contributed by atoms with Crippen LogP contribution >= 0.6 is 0 Å². The molecular formula is C26H35N. The fourth-order valence-corrected chi connectivity index (χ4v) is 4.55. The van der Waals surface area contributed by atoms with Crippen LogP contribution in [0, 0.1) is 6.92 Å². The van der Waals surface area contributed by atoms with Crippen molar-refractivity contribution in [1.82, 2.24) is 5.32 Å². The van der Waals surface area contributed by atoms with Gasteiger partial charge in [0.15, 0.2) is 0 Å². The monoisotopic (exact) mass is 361 g/mol. The highest BCUT2D eigenvalue weighted by atomic mass is 14.9. The van der Waals surface area contributed by atoms with Gasteiger partial charge in [-0.05, 0) is 67.2 Å². The SMILES string of the molecule is CC.Cc1cccc(C2CCCC(NCc3cccc4c3C=CCC4)C2)c1. The second-order valence-corrected chi connectivity index (χ2v) is 7.79. The van der Waals surface area contributed by atoms with Crippen LogP contribution in [0.2, 0.25) is 0 Å². The van der Waals surface area contributed by atoms with Crippen LogP contribution in [-0.2, 0) is 13.0 Å². The molecule has 1 saturated carbocycles. The van der Waals surface area contributed by atoms with Crippen LogP contribution in [0.3, 0.4) is 0 Å². The molecule has 0 amide bonds. The topological polar surface area (TPSA) is 12.0 Å². The van der Waals surface area contributed by atoms with E-state index in [1.54, 1.807) is 0 Å². The Kier molecular flexibility index (Phi) is 7.29. The molecule has 0 aliphatic heterocycles. The average molecular weight is 362 g/mol. The minimum atomic E-state index is 0.641. The van der Waals surface area contributed by atoms with Crippen LogP contribution in [0.15, 0.2) is 48.5 Å². The summed E-state index contributed by atoms with van der Waals surface area (Å²) in [4.78, 5) is 0. The Balaban J connectivity index is 0.00000102. The molecule has 2 aliphatic rings. The summed E-state index contributed by atoms with van der Waals surface area (Å²) in [7, 11) is 0. The van der Waals surface area contributed by atoms with E-state index >= 15 is 0 Å². The Bertz CT molecular complexity index is 759. The number of benzene rings is 2. The van der Waals surface area contributed by atoms with Gasteiger partial charge in [0, 0.05) is 12.6 Å². The van der Waals surface area contributed by atoms with Gasteiger partial charge in [-0.15, -0.1) is 0 Å². The lowest BCUT2D eigenvalue weighted by Gasteiger charge is -2.31. The van der Waals surface area contributed by atoms with Crippen LogP contribution in [-0.4, -0.2) is 6.04 Å². The molecule has 2 aromatic carbocycles. The third-order valence-electron chi connectivity index (χ3n) is 5.92. The Morgan fingerprint density at radius 1 is 1.04 bits per heavy atom. The minimum absolute atomic E-state index is 0.641. The van der Waals surface area contributed by atoms with Gasteiger partial charge >= 0.3 is 0 Å². The zero-order chi connectivity index (χ0) is 19.1. The molecule has 1 fully saturated rings. The van der Waals surface area contributed by atoms with Crippen molar-refractivity contribution in [2.75, 3.05) is 0 Å². The molecule has 1 nitrogen and oxygen atoms in total. The van der Waals surface area contributed by atoms with Crippen LogP contribution in [0.5, 0.6) is 0 Å². The first-order valence-corrected chi connectivity index (χ1v) is 10.9. The van der Waals surface area contributed by atoms with Gasteiger partial charge in [-0.3, -0.25) is 0 Å². The fourth-order valence-electron chi connectivity index (χ4n) is 4.55. The maximum absolute atomic E-state index is 3.87. The van der Waals surface area contributed by atoms with Gasteiger partial charge in [0.25, 0.3) is 0 Å². The smallest absolute Gasteiger partial charge is 0.0214 e. The predicted octanol–water partition coefficient (Wildman–Crippen LogP) is 6.80. The first-order chi connectivity index (χ1) is 13.3. The molecule has 0 heterocycles. The van der Waals surface area contributed by atoms with Gasteiger partial charge in [-0.25, -0.2) is 0 Å². The van der Waals surface area contributed by atoms with Crippen molar-refractivity contribution in [3.63, 3.8) is 0 Å². The Labute approximate surface area is 165 Å². The van der Waals surface area contributed by atoms with Crippen molar-refractivity contribution in [2.24, 2.45) is 0 Å². The fraction of sp³-hybridized carbons (Fsp3) is 0.462. The van der Waals surface area contributed by atoms with E-state index in [9.17, 15) is 0 Å².